The molecule has 6 atom stereocenters. The lowest BCUT2D eigenvalue weighted by atomic mass is 9.68. The molecule has 0 aromatic heterocycles. The van der Waals surface area contributed by atoms with Gasteiger partial charge in [0.25, 0.3) is 0 Å². The van der Waals surface area contributed by atoms with E-state index in [-0.39, 0.29) is 30.7 Å². The first-order valence-electron chi connectivity index (χ1n) is 11.3. The molecule has 0 aromatic rings. The molecular weight excluding hydrogens is 424 g/mol. The molecule has 1 heterocycles. The second-order valence-corrected chi connectivity index (χ2v) is 8.86. The highest BCUT2D eigenvalue weighted by Crippen LogP contribution is 2.53. The zero-order valence-electron chi connectivity index (χ0n) is 19.8. The Morgan fingerprint density at radius 2 is 1.70 bits per heavy atom. The first-order valence-corrected chi connectivity index (χ1v) is 11.3. The maximum atomic E-state index is 12.4. The van der Waals surface area contributed by atoms with Crippen LogP contribution in [0.4, 0.5) is 0 Å². The molecule has 6 unspecified atom stereocenters. The molecule has 7 heteroatoms. The second kappa shape index (κ2) is 12.7. The minimum atomic E-state index is -1.01. The van der Waals surface area contributed by atoms with Gasteiger partial charge in [-0.2, -0.15) is 0 Å². The average Bonchev–Trinajstić information content (AvgIpc) is 3.44. The van der Waals surface area contributed by atoms with Crippen molar-refractivity contribution in [2.45, 2.75) is 63.9 Å². The summed E-state index contributed by atoms with van der Waals surface area (Å²) in [6, 6.07) is 0. The van der Waals surface area contributed by atoms with Crippen LogP contribution in [0, 0.1) is 11.8 Å². The number of carboxylic acid groups (broad SMARTS) is 1. The van der Waals surface area contributed by atoms with E-state index in [0.717, 1.165) is 18.9 Å². The predicted octanol–water partition coefficient (Wildman–Crippen LogP) is 3.75. The number of aliphatic carboxylic acids is 1. The van der Waals surface area contributed by atoms with Crippen molar-refractivity contribution in [1.29, 1.82) is 0 Å². The highest BCUT2D eigenvalue weighted by molar-refractivity contribution is 5.82. The number of rotatable bonds is 11. The molecule has 1 aliphatic carbocycles. The van der Waals surface area contributed by atoms with Crippen LogP contribution in [0.3, 0.4) is 0 Å². The molecule has 0 aromatic carbocycles. The lowest BCUT2D eigenvalue weighted by Crippen LogP contribution is -2.52. The Kier molecular flexibility index (Phi) is 10.3. The minimum absolute atomic E-state index is 0.0204. The molecule has 2 rings (SSSR count). The molecule has 0 spiro atoms. The van der Waals surface area contributed by atoms with E-state index in [1.165, 1.54) is 17.7 Å². The summed E-state index contributed by atoms with van der Waals surface area (Å²) in [6.45, 7) is 6.21. The number of epoxide rings is 1. The van der Waals surface area contributed by atoms with Gasteiger partial charge in [0.2, 0.25) is 0 Å². The van der Waals surface area contributed by atoms with Gasteiger partial charge in [-0.05, 0) is 46.0 Å². The average molecular weight is 461 g/mol. The largest absolute Gasteiger partial charge is 0.478 e. The van der Waals surface area contributed by atoms with E-state index in [0.29, 0.717) is 6.42 Å². The van der Waals surface area contributed by atoms with Crippen LogP contribution in [-0.4, -0.2) is 59.8 Å². The van der Waals surface area contributed by atoms with Gasteiger partial charge in [0, 0.05) is 31.8 Å². The predicted molar refractivity (Wildman–Crippen MR) is 125 cm³/mol. The number of carboxylic acids is 1. The Balaban J connectivity index is 1.99. The highest BCUT2D eigenvalue weighted by Gasteiger charge is 2.63. The summed E-state index contributed by atoms with van der Waals surface area (Å²) in [5.74, 6) is -1.54. The van der Waals surface area contributed by atoms with Gasteiger partial charge in [0.05, 0.1) is 11.7 Å². The standard InChI is InChI=1S/C26H36O7/c1-18(2)13-16-21-26(3,33-21)24-19(17-27)14-15-20(25(24)31-4)32-23(30)12-10-8-6-5-7-9-11-22(28)29/h5-13,19-21,24-25,27H,14-17H2,1-4H3,(H,28,29). The smallest absolute Gasteiger partial charge is 0.331 e. The van der Waals surface area contributed by atoms with Crippen LogP contribution in [0.2, 0.25) is 0 Å². The summed E-state index contributed by atoms with van der Waals surface area (Å²) >= 11 is 0. The van der Waals surface area contributed by atoms with Crippen molar-refractivity contribution in [1.82, 2.24) is 0 Å². The fraction of sp³-hybridized carbons (Fsp3) is 0.538. The van der Waals surface area contributed by atoms with Gasteiger partial charge < -0.3 is 24.4 Å². The Morgan fingerprint density at radius 3 is 2.27 bits per heavy atom. The quantitative estimate of drug-likeness (QED) is 0.159. The van der Waals surface area contributed by atoms with Crippen molar-refractivity contribution in [3.8, 4) is 0 Å². The molecule has 0 radical (unpaired) electrons. The van der Waals surface area contributed by atoms with Crippen LogP contribution in [0.5, 0.6) is 0 Å². The van der Waals surface area contributed by atoms with Crippen LogP contribution in [0.25, 0.3) is 0 Å². The van der Waals surface area contributed by atoms with E-state index >= 15 is 0 Å². The number of allylic oxidation sites excluding steroid dienone is 7. The normalized spacial score (nSPS) is 32.1. The molecule has 0 amide bonds. The number of carbonyl (C=O) groups is 2. The first-order chi connectivity index (χ1) is 15.7. The summed E-state index contributed by atoms with van der Waals surface area (Å²) < 4.78 is 17.6. The molecule has 1 aliphatic heterocycles. The van der Waals surface area contributed by atoms with Gasteiger partial charge in [-0.25, -0.2) is 9.59 Å². The van der Waals surface area contributed by atoms with Gasteiger partial charge in [-0.15, -0.1) is 0 Å². The van der Waals surface area contributed by atoms with E-state index in [1.807, 2.05) is 0 Å². The van der Waals surface area contributed by atoms with Crippen molar-refractivity contribution < 1.29 is 34.0 Å². The molecule has 7 nitrogen and oxygen atoms in total. The van der Waals surface area contributed by atoms with Crippen molar-refractivity contribution in [3.63, 3.8) is 0 Å². The first kappa shape index (κ1) is 26.8. The summed E-state index contributed by atoms with van der Waals surface area (Å²) in [7, 11) is 1.61. The van der Waals surface area contributed by atoms with Crippen molar-refractivity contribution in [2.75, 3.05) is 13.7 Å². The summed E-state index contributed by atoms with van der Waals surface area (Å²) in [6.07, 6.45) is 15.5. The zero-order chi connectivity index (χ0) is 24.4. The molecule has 0 bridgehead atoms. The molecule has 2 aliphatic rings. The maximum Gasteiger partial charge on any atom is 0.331 e. The molecule has 1 saturated carbocycles. The zero-order valence-corrected chi connectivity index (χ0v) is 19.8. The Labute approximate surface area is 196 Å². The lowest BCUT2D eigenvalue weighted by molar-refractivity contribution is -0.166. The molecule has 1 saturated heterocycles. The molecule has 33 heavy (non-hydrogen) atoms. The fourth-order valence-corrected chi connectivity index (χ4v) is 4.55. The van der Waals surface area contributed by atoms with Crippen LogP contribution in [0.15, 0.2) is 60.3 Å². The number of aliphatic hydroxyl groups is 1. The van der Waals surface area contributed by atoms with Crippen LogP contribution < -0.4 is 0 Å². The van der Waals surface area contributed by atoms with Crippen LogP contribution >= 0.6 is 0 Å². The summed E-state index contributed by atoms with van der Waals surface area (Å²) in [4.78, 5) is 22.7. The van der Waals surface area contributed by atoms with Crippen LogP contribution in [0.1, 0.15) is 40.0 Å². The Bertz CT molecular complexity index is 818. The topological polar surface area (TPSA) is 106 Å². The lowest BCUT2D eigenvalue weighted by Gasteiger charge is -2.43. The third kappa shape index (κ3) is 7.81. The monoisotopic (exact) mass is 460 g/mol. The van der Waals surface area contributed by atoms with Crippen molar-refractivity contribution in [2.24, 2.45) is 11.8 Å². The number of hydrogen-bond donors (Lipinski definition) is 2. The third-order valence-electron chi connectivity index (χ3n) is 6.23. The number of carbonyl (C=O) groups excluding carboxylic acids is 1. The van der Waals surface area contributed by atoms with E-state index in [2.05, 4.69) is 26.8 Å². The Hall–Kier alpha value is -2.48. The summed E-state index contributed by atoms with van der Waals surface area (Å²) in [5.41, 5.74) is 0.809. The second-order valence-electron chi connectivity index (χ2n) is 8.86. The summed E-state index contributed by atoms with van der Waals surface area (Å²) in [5, 5.41) is 18.5. The van der Waals surface area contributed by atoms with E-state index < -0.39 is 23.6 Å². The third-order valence-corrected chi connectivity index (χ3v) is 6.23. The van der Waals surface area contributed by atoms with E-state index in [4.69, 9.17) is 19.3 Å². The molecule has 2 N–H and O–H groups in total. The molecular formula is C26H36O7. The number of ether oxygens (including phenoxy) is 3. The molecule has 182 valence electrons. The van der Waals surface area contributed by atoms with Gasteiger partial charge in [0.15, 0.2) is 0 Å². The minimum Gasteiger partial charge on any atom is -0.478 e. The number of hydrogen-bond acceptors (Lipinski definition) is 6. The highest BCUT2D eigenvalue weighted by atomic mass is 16.6. The molecule has 2 fully saturated rings. The van der Waals surface area contributed by atoms with Crippen LogP contribution in [-0.2, 0) is 23.8 Å². The van der Waals surface area contributed by atoms with E-state index in [9.17, 15) is 14.7 Å². The number of aliphatic hydroxyl groups excluding tert-OH is 1. The maximum absolute atomic E-state index is 12.4. The van der Waals surface area contributed by atoms with Gasteiger partial charge in [-0.1, -0.05) is 48.1 Å². The van der Waals surface area contributed by atoms with Crippen molar-refractivity contribution >= 4 is 11.9 Å². The van der Waals surface area contributed by atoms with Gasteiger partial charge >= 0.3 is 11.9 Å². The van der Waals surface area contributed by atoms with Gasteiger partial charge in [0.1, 0.15) is 12.2 Å². The van der Waals surface area contributed by atoms with Gasteiger partial charge in [-0.3, -0.25) is 0 Å². The number of methoxy groups -OCH3 is 1. The fourth-order valence-electron chi connectivity index (χ4n) is 4.55. The van der Waals surface area contributed by atoms with Crippen molar-refractivity contribution in [3.05, 3.63) is 60.3 Å². The SMILES string of the molecule is COC1C(OC(=O)C=CC=CC=CC=CC(=O)O)CCC(CO)C1C1(C)OC1CC=C(C)C. The van der Waals surface area contributed by atoms with E-state index in [1.54, 1.807) is 37.5 Å². The Morgan fingerprint density at radius 1 is 1.06 bits per heavy atom. The number of esters is 1.